The molecular formula is C11H24N2O9. The summed E-state index contributed by atoms with van der Waals surface area (Å²) >= 11 is 0. The Hall–Kier alpha value is -1.05. The second kappa shape index (κ2) is 11.5. The summed E-state index contributed by atoms with van der Waals surface area (Å²) in [7, 11) is 0. The van der Waals surface area contributed by atoms with Gasteiger partial charge in [0.2, 0.25) is 0 Å². The first kappa shape index (κ1) is 20.9. The molecule has 0 aromatic carbocycles. The van der Waals surface area contributed by atoms with Gasteiger partial charge in [-0.3, -0.25) is 20.8 Å². The first-order valence-corrected chi connectivity index (χ1v) is 6.78. The van der Waals surface area contributed by atoms with Gasteiger partial charge in [0.1, 0.15) is 12.2 Å². The number of hydrogen-bond donors (Lipinski definition) is 4. The molecule has 0 radical (unpaired) electrons. The van der Waals surface area contributed by atoms with Gasteiger partial charge in [0.05, 0.1) is 23.5 Å². The summed E-state index contributed by atoms with van der Waals surface area (Å²) in [6, 6.07) is 0. The Bertz CT molecular complexity index is 301. The van der Waals surface area contributed by atoms with Gasteiger partial charge in [-0.05, 0) is 33.1 Å². The van der Waals surface area contributed by atoms with E-state index < -0.39 is 29.1 Å². The lowest BCUT2D eigenvalue weighted by atomic mass is 10.1. The first-order chi connectivity index (χ1) is 10.3. The minimum Gasteiger partial charge on any atom is -0.434 e. The highest BCUT2D eigenvalue weighted by Gasteiger charge is 2.26. The largest absolute Gasteiger partial charge is 0.508 e. The average molecular weight is 328 g/mol. The molecule has 2 unspecified atom stereocenters. The minimum atomic E-state index is -0.925. The van der Waals surface area contributed by atoms with Crippen molar-refractivity contribution < 1.29 is 44.8 Å². The molecule has 0 spiro atoms. The number of hydrogen-bond acceptors (Lipinski definition) is 11. The third kappa shape index (κ3) is 10.6. The van der Waals surface area contributed by atoms with E-state index in [2.05, 4.69) is 9.68 Å². The molecule has 0 saturated carbocycles. The van der Waals surface area contributed by atoms with Crippen molar-refractivity contribution in [1.29, 1.82) is 0 Å². The fraction of sp³-hybridized carbons (Fsp3) is 0.909. The Balaban J connectivity index is 4.26. The molecule has 11 heteroatoms. The highest BCUT2D eigenvalue weighted by Crippen LogP contribution is 2.15. The molecule has 132 valence electrons. The maximum atomic E-state index is 11.2. The maximum Gasteiger partial charge on any atom is 0.508 e. The topological polar surface area (TPSA) is 141 Å². The summed E-state index contributed by atoms with van der Waals surface area (Å²) < 4.78 is 9.56. The standard InChI is InChI=1S/C11H24N2O9/c1-4-9(21-12(15)16)10(22-13(17)18)6-5-7-19-11(14)20-8(2)3/h8-10,15-18H,4-7H2,1-3H3. The van der Waals surface area contributed by atoms with Crippen LogP contribution in [0.1, 0.15) is 40.0 Å². The zero-order valence-electron chi connectivity index (χ0n) is 12.8. The van der Waals surface area contributed by atoms with Crippen LogP contribution in [0.4, 0.5) is 4.79 Å². The lowest BCUT2D eigenvalue weighted by Gasteiger charge is -2.26. The van der Waals surface area contributed by atoms with Crippen LogP contribution in [0.25, 0.3) is 0 Å². The van der Waals surface area contributed by atoms with Gasteiger partial charge in [-0.25, -0.2) is 14.5 Å². The van der Waals surface area contributed by atoms with Gasteiger partial charge in [0.15, 0.2) is 0 Å². The Morgan fingerprint density at radius 2 is 1.59 bits per heavy atom. The van der Waals surface area contributed by atoms with Gasteiger partial charge < -0.3 is 9.47 Å². The quantitative estimate of drug-likeness (QED) is 0.249. The second-order valence-electron chi connectivity index (χ2n) is 4.61. The molecule has 0 rings (SSSR count). The summed E-state index contributed by atoms with van der Waals surface area (Å²) in [5.74, 6) is 0. The van der Waals surface area contributed by atoms with E-state index >= 15 is 0 Å². The highest BCUT2D eigenvalue weighted by atomic mass is 17.1. The predicted octanol–water partition coefficient (Wildman–Crippen LogP) is 1.50. The van der Waals surface area contributed by atoms with E-state index in [1.165, 1.54) is 0 Å². The fourth-order valence-corrected chi connectivity index (χ4v) is 1.62. The molecule has 4 N–H and O–H groups in total. The number of carbonyl (C=O) groups excluding carboxylic acids is 1. The van der Waals surface area contributed by atoms with Gasteiger partial charge in [0, 0.05) is 0 Å². The molecule has 22 heavy (non-hydrogen) atoms. The Morgan fingerprint density at radius 1 is 1.05 bits per heavy atom. The van der Waals surface area contributed by atoms with Gasteiger partial charge in [-0.1, -0.05) is 6.92 Å². The number of ether oxygens (including phenoxy) is 2. The summed E-state index contributed by atoms with van der Waals surface area (Å²) in [5.41, 5.74) is 0. The average Bonchev–Trinajstić information content (AvgIpc) is 2.38. The van der Waals surface area contributed by atoms with Crippen molar-refractivity contribution in [2.75, 3.05) is 6.61 Å². The van der Waals surface area contributed by atoms with E-state index in [4.69, 9.17) is 30.3 Å². The molecule has 11 nitrogen and oxygen atoms in total. The van der Waals surface area contributed by atoms with E-state index in [0.717, 1.165) is 0 Å². The van der Waals surface area contributed by atoms with E-state index in [9.17, 15) is 4.79 Å². The van der Waals surface area contributed by atoms with Crippen molar-refractivity contribution in [3.05, 3.63) is 0 Å². The second-order valence-corrected chi connectivity index (χ2v) is 4.61. The highest BCUT2D eigenvalue weighted by molar-refractivity contribution is 5.59. The van der Waals surface area contributed by atoms with E-state index in [1.807, 2.05) is 0 Å². The van der Waals surface area contributed by atoms with E-state index in [0.29, 0.717) is 6.42 Å². The molecule has 0 aromatic rings. The van der Waals surface area contributed by atoms with Crippen molar-refractivity contribution in [2.24, 2.45) is 0 Å². The maximum absolute atomic E-state index is 11.2. The first-order valence-electron chi connectivity index (χ1n) is 6.78. The Labute approximate surface area is 127 Å². The van der Waals surface area contributed by atoms with Gasteiger partial charge >= 0.3 is 6.16 Å². The smallest absolute Gasteiger partial charge is 0.434 e. The molecule has 0 fully saturated rings. The van der Waals surface area contributed by atoms with Crippen LogP contribution < -0.4 is 0 Å². The lowest BCUT2D eigenvalue weighted by Crippen LogP contribution is -2.39. The van der Waals surface area contributed by atoms with Crippen molar-refractivity contribution in [2.45, 2.75) is 58.3 Å². The van der Waals surface area contributed by atoms with Crippen molar-refractivity contribution >= 4 is 6.16 Å². The molecule has 0 aliphatic heterocycles. The van der Waals surface area contributed by atoms with E-state index in [-0.39, 0.29) is 25.6 Å². The van der Waals surface area contributed by atoms with Gasteiger partial charge in [-0.2, -0.15) is 0 Å². The third-order valence-electron chi connectivity index (χ3n) is 2.46. The summed E-state index contributed by atoms with van der Waals surface area (Å²) in [5, 5.41) is 33.7. The lowest BCUT2D eigenvalue weighted by molar-refractivity contribution is -0.538. The molecule has 0 amide bonds. The third-order valence-corrected chi connectivity index (χ3v) is 2.46. The van der Waals surface area contributed by atoms with Crippen LogP contribution in [-0.2, 0) is 19.1 Å². The number of nitrogens with zero attached hydrogens (tertiary/aromatic N) is 2. The molecule has 0 heterocycles. The number of rotatable bonds is 11. The Morgan fingerprint density at radius 3 is 2.05 bits per heavy atom. The molecule has 0 aromatic heterocycles. The fourth-order valence-electron chi connectivity index (χ4n) is 1.62. The normalized spacial score (nSPS) is 14.5. The van der Waals surface area contributed by atoms with Crippen LogP contribution in [0.15, 0.2) is 0 Å². The molecular weight excluding hydrogens is 304 g/mol. The van der Waals surface area contributed by atoms with E-state index in [1.54, 1.807) is 20.8 Å². The molecule has 2 atom stereocenters. The number of carbonyl (C=O) groups is 1. The van der Waals surface area contributed by atoms with Gasteiger partial charge in [-0.15, -0.1) is 0 Å². The van der Waals surface area contributed by atoms with Crippen LogP contribution in [0.2, 0.25) is 0 Å². The summed E-state index contributed by atoms with van der Waals surface area (Å²) in [6.07, 6.45) is -2.14. The van der Waals surface area contributed by atoms with Gasteiger partial charge in [0.25, 0.3) is 0 Å². The zero-order valence-corrected chi connectivity index (χ0v) is 12.8. The van der Waals surface area contributed by atoms with Crippen molar-refractivity contribution in [1.82, 2.24) is 10.8 Å². The summed E-state index contributed by atoms with van der Waals surface area (Å²) in [6.45, 7) is 5.04. The van der Waals surface area contributed by atoms with Crippen molar-refractivity contribution in [3.63, 3.8) is 0 Å². The minimum absolute atomic E-state index is 0.0146. The predicted molar refractivity (Wildman–Crippen MR) is 67.7 cm³/mol. The molecule has 0 aliphatic rings. The van der Waals surface area contributed by atoms with Crippen LogP contribution >= 0.6 is 0 Å². The van der Waals surface area contributed by atoms with Crippen LogP contribution in [0, 0.1) is 0 Å². The SMILES string of the molecule is CCC(ON(O)O)C(CCCOC(=O)OC(C)C)ON(O)O. The zero-order chi connectivity index (χ0) is 17.1. The summed E-state index contributed by atoms with van der Waals surface area (Å²) in [4.78, 5) is 20.5. The Kier molecular flexibility index (Phi) is 11.0. The molecule has 0 saturated heterocycles. The monoisotopic (exact) mass is 328 g/mol. The van der Waals surface area contributed by atoms with Crippen LogP contribution in [0.5, 0.6) is 0 Å². The van der Waals surface area contributed by atoms with Crippen LogP contribution in [-0.4, -0.2) is 62.7 Å². The van der Waals surface area contributed by atoms with Crippen LogP contribution in [0.3, 0.4) is 0 Å². The van der Waals surface area contributed by atoms with Crippen molar-refractivity contribution in [3.8, 4) is 0 Å². The molecule has 0 bridgehead atoms. The molecule has 0 aliphatic carbocycles.